The van der Waals surface area contributed by atoms with E-state index in [4.69, 9.17) is 0 Å². The quantitative estimate of drug-likeness (QED) is 0.604. The second-order valence-electron chi connectivity index (χ2n) is 5.59. The first-order valence-corrected chi connectivity index (χ1v) is 7.59. The number of nitrogens with one attached hydrogen (secondary N) is 1. The van der Waals surface area contributed by atoms with Crippen LogP contribution in [0.4, 0.5) is 15.9 Å². The van der Waals surface area contributed by atoms with Crippen LogP contribution in [0.1, 0.15) is 0 Å². The molecule has 0 bridgehead atoms. The first-order chi connectivity index (χ1) is 11.7. The second-order valence-corrected chi connectivity index (χ2v) is 5.59. The molecule has 0 amide bonds. The Kier molecular flexibility index (Phi) is 3.46. The molecule has 4 rings (SSSR count). The van der Waals surface area contributed by atoms with Crippen molar-refractivity contribution < 1.29 is 4.39 Å². The van der Waals surface area contributed by atoms with Crippen LogP contribution in [0.25, 0.3) is 22.2 Å². The van der Waals surface area contributed by atoms with Gasteiger partial charge in [-0.3, -0.25) is 4.98 Å². The molecule has 0 fully saturated rings. The molecule has 0 aliphatic rings. The van der Waals surface area contributed by atoms with Crippen molar-refractivity contribution in [2.24, 2.45) is 7.05 Å². The van der Waals surface area contributed by atoms with Gasteiger partial charge in [-0.15, -0.1) is 0 Å². The normalized spacial score (nSPS) is 10.9. The summed E-state index contributed by atoms with van der Waals surface area (Å²) in [5.41, 5.74) is 3.69. The second kappa shape index (κ2) is 5.77. The minimum Gasteiger partial charge on any atom is -0.343 e. The van der Waals surface area contributed by atoms with E-state index in [1.807, 2.05) is 48.1 Å². The van der Waals surface area contributed by atoms with Crippen LogP contribution >= 0.6 is 0 Å². The van der Waals surface area contributed by atoms with Crippen LogP contribution in [0.2, 0.25) is 0 Å². The summed E-state index contributed by atoms with van der Waals surface area (Å²) >= 11 is 0. The number of pyridine rings is 2. The molecule has 0 saturated heterocycles. The number of hydrogen-bond acceptors (Lipinski definition) is 3. The van der Waals surface area contributed by atoms with Gasteiger partial charge < -0.3 is 9.88 Å². The van der Waals surface area contributed by atoms with Gasteiger partial charge in [0.1, 0.15) is 11.6 Å². The number of hydrogen-bond donors (Lipinski definition) is 1. The van der Waals surface area contributed by atoms with E-state index >= 15 is 0 Å². The van der Waals surface area contributed by atoms with E-state index in [9.17, 15) is 4.39 Å². The van der Waals surface area contributed by atoms with Gasteiger partial charge in [0.2, 0.25) is 0 Å². The Morgan fingerprint density at radius 2 is 1.96 bits per heavy atom. The van der Waals surface area contributed by atoms with Gasteiger partial charge >= 0.3 is 0 Å². The number of anilines is 2. The van der Waals surface area contributed by atoms with Crippen LogP contribution in [-0.4, -0.2) is 14.5 Å². The zero-order valence-corrected chi connectivity index (χ0v) is 13.1. The number of rotatable bonds is 3. The third-order valence-corrected chi connectivity index (χ3v) is 3.98. The van der Waals surface area contributed by atoms with E-state index in [1.54, 1.807) is 18.5 Å². The highest BCUT2D eigenvalue weighted by Gasteiger charge is 2.10. The number of aromatic nitrogens is 3. The van der Waals surface area contributed by atoms with Gasteiger partial charge in [0.05, 0.1) is 17.4 Å². The molecule has 0 spiro atoms. The van der Waals surface area contributed by atoms with E-state index < -0.39 is 0 Å². The summed E-state index contributed by atoms with van der Waals surface area (Å²) in [6.45, 7) is 0. The summed E-state index contributed by atoms with van der Waals surface area (Å²) in [6, 6.07) is 14.4. The number of benzene rings is 1. The minimum absolute atomic E-state index is 0.241. The van der Waals surface area contributed by atoms with Crippen molar-refractivity contribution in [2.75, 3.05) is 5.32 Å². The van der Waals surface area contributed by atoms with Gasteiger partial charge in [-0.1, -0.05) is 12.1 Å². The fourth-order valence-electron chi connectivity index (χ4n) is 2.81. The van der Waals surface area contributed by atoms with Gasteiger partial charge in [-0.2, -0.15) is 0 Å². The zero-order valence-electron chi connectivity index (χ0n) is 13.1. The van der Waals surface area contributed by atoms with E-state index in [0.29, 0.717) is 0 Å². The molecular weight excluding hydrogens is 303 g/mol. The zero-order chi connectivity index (χ0) is 16.5. The number of nitrogens with zero attached hydrogens (tertiary/aromatic N) is 3. The monoisotopic (exact) mass is 318 g/mol. The lowest BCUT2D eigenvalue weighted by atomic mass is 10.1. The van der Waals surface area contributed by atoms with Gasteiger partial charge in [0, 0.05) is 42.2 Å². The molecule has 4 aromatic rings. The van der Waals surface area contributed by atoms with Gasteiger partial charge in [-0.05, 0) is 30.3 Å². The molecule has 5 heteroatoms. The molecule has 4 nitrogen and oxygen atoms in total. The minimum atomic E-state index is -0.241. The first-order valence-electron chi connectivity index (χ1n) is 7.59. The lowest BCUT2D eigenvalue weighted by Gasteiger charge is -2.07. The summed E-state index contributed by atoms with van der Waals surface area (Å²) in [5.74, 6) is 0.498. The molecule has 118 valence electrons. The average Bonchev–Trinajstić information content (AvgIpc) is 2.93. The fourth-order valence-corrected chi connectivity index (χ4v) is 2.81. The number of fused-ring (bicyclic) bond motifs is 1. The van der Waals surface area contributed by atoms with Crippen LogP contribution in [0.15, 0.2) is 67.1 Å². The Morgan fingerprint density at radius 1 is 1.04 bits per heavy atom. The summed E-state index contributed by atoms with van der Waals surface area (Å²) in [4.78, 5) is 8.52. The van der Waals surface area contributed by atoms with Crippen LogP contribution in [-0.2, 0) is 7.05 Å². The predicted octanol–water partition coefficient (Wildman–Crippen LogP) is 4.52. The molecule has 3 heterocycles. The summed E-state index contributed by atoms with van der Waals surface area (Å²) in [6.07, 6.45) is 5.29. The van der Waals surface area contributed by atoms with Crippen molar-refractivity contribution in [3.8, 4) is 11.3 Å². The number of halogens is 1. The highest BCUT2D eigenvalue weighted by Crippen LogP contribution is 2.29. The van der Waals surface area contributed by atoms with E-state index in [-0.39, 0.29) is 5.82 Å². The molecule has 0 aliphatic heterocycles. The summed E-state index contributed by atoms with van der Waals surface area (Å²) < 4.78 is 15.6. The van der Waals surface area contributed by atoms with Crippen molar-refractivity contribution in [3.63, 3.8) is 0 Å². The highest BCUT2D eigenvalue weighted by atomic mass is 19.1. The maximum atomic E-state index is 13.5. The Morgan fingerprint density at radius 3 is 2.75 bits per heavy atom. The molecule has 0 unspecified atom stereocenters. The van der Waals surface area contributed by atoms with Gasteiger partial charge in [0.25, 0.3) is 0 Å². The summed E-state index contributed by atoms with van der Waals surface area (Å²) in [5, 5.41) is 4.24. The smallest absolute Gasteiger partial charge is 0.132 e. The molecule has 0 saturated carbocycles. The predicted molar refractivity (Wildman–Crippen MR) is 93.6 cm³/mol. The van der Waals surface area contributed by atoms with Crippen molar-refractivity contribution in [3.05, 3.63) is 72.9 Å². The maximum absolute atomic E-state index is 13.5. The van der Waals surface area contributed by atoms with Gasteiger partial charge in [0.15, 0.2) is 0 Å². The van der Waals surface area contributed by atoms with Crippen LogP contribution in [0.3, 0.4) is 0 Å². The Bertz CT molecular complexity index is 1010. The summed E-state index contributed by atoms with van der Waals surface area (Å²) in [7, 11) is 1.97. The Labute approximate surface area is 138 Å². The lowest BCUT2D eigenvalue weighted by molar-refractivity contribution is 0.628. The van der Waals surface area contributed by atoms with E-state index in [0.717, 1.165) is 33.7 Å². The Balaban J connectivity index is 1.76. The molecule has 1 aromatic carbocycles. The largest absolute Gasteiger partial charge is 0.343 e. The maximum Gasteiger partial charge on any atom is 0.132 e. The molecular formula is C19H15FN4. The molecule has 24 heavy (non-hydrogen) atoms. The lowest BCUT2D eigenvalue weighted by Crippen LogP contribution is -1.95. The molecule has 1 N–H and O–H groups in total. The molecule has 0 aliphatic carbocycles. The first kappa shape index (κ1) is 14.4. The highest BCUT2D eigenvalue weighted by molar-refractivity contribution is 5.88. The standard InChI is InChI=1S/C19H15FN4/c1-24-17(13-4-2-5-15(20)8-13)9-14-11-22-19(10-18(14)24)23-16-6-3-7-21-12-16/h2-12H,1H3,(H,22,23). The Hall–Kier alpha value is -3.21. The van der Waals surface area contributed by atoms with E-state index in [2.05, 4.69) is 15.3 Å². The van der Waals surface area contributed by atoms with Crippen molar-refractivity contribution >= 4 is 22.4 Å². The number of aryl methyl sites for hydroxylation is 1. The van der Waals surface area contributed by atoms with Crippen LogP contribution < -0.4 is 5.32 Å². The third-order valence-electron chi connectivity index (χ3n) is 3.98. The third kappa shape index (κ3) is 2.60. The van der Waals surface area contributed by atoms with Crippen molar-refractivity contribution in [1.82, 2.24) is 14.5 Å². The van der Waals surface area contributed by atoms with Crippen molar-refractivity contribution in [2.45, 2.75) is 0 Å². The van der Waals surface area contributed by atoms with Crippen LogP contribution in [0, 0.1) is 5.82 Å². The molecule has 0 atom stereocenters. The molecule has 3 aromatic heterocycles. The SMILES string of the molecule is Cn1c(-c2cccc(F)c2)cc2cnc(Nc3cccnc3)cc21. The topological polar surface area (TPSA) is 42.7 Å². The van der Waals surface area contributed by atoms with Gasteiger partial charge in [-0.25, -0.2) is 9.37 Å². The van der Waals surface area contributed by atoms with Crippen molar-refractivity contribution in [1.29, 1.82) is 0 Å². The fraction of sp³-hybridized carbons (Fsp3) is 0.0526. The van der Waals surface area contributed by atoms with Crippen LogP contribution in [0.5, 0.6) is 0 Å². The average molecular weight is 318 g/mol. The van der Waals surface area contributed by atoms with E-state index in [1.165, 1.54) is 12.1 Å². The molecule has 0 radical (unpaired) electrons.